The van der Waals surface area contributed by atoms with Crippen LogP contribution in [-0.4, -0.2) is 74.7 Å². The SMILES string of the molecule is CNC(=O)c1ccc(N2CCN(CCn3cnc4c3nc(N)n3nc(-c5ccco5)cc43)CC2)cc1. The standard InChI is InChI=1S/C25H27N9O2/c1-27-24(35)17-4-6-18(7-5-17)32-11-8-31(9-12-32)10-13-33-16-28-22-20-15-19(21-3-2-14-36-21)30-34(20)25(26)29-23(22)33/h2-7,14-16H,8-13H2,1H3,(H2,26,29)(H,27,35). The number of imidazole rings is 1. The van der Waals surface area contributed by atoms with Crippen LogP contribution in [0, 0.1) is 0 Å². The van der Waals surface area contributed by atoms with Crippen LogP contribution in [0.5, 0.6) is 0 Å². The maximum atomic E-state index is 11.8. The van der Waals surface area contributed by atoms with Crippen LogP contribution in [-0.2, 0) is 6.54 Å². The molecule has 0 saturated carbocycles. The van der Waals surface area contributed by atoms with Gasteiger partial charge in [-0.05, 0) is 42.5 Å². The predicted molar refractivity (Wildman–Crippen MR) is 137 cm³/mol. The molecule has 1 saturated heterocycles. The van der Waals surface area contributed by atoms with Crippen LogP contribution in [0.4, 0.5) is 11.6 Å². The third kappa shape index (κ3) is 3.93. The van der Waals surface area contributed by atoms with Gasteiger partial charge in [0, 0.05) is 57.6 Å². The number of hydrogen-bond donors (Lipinski definition) is 2. The van der Waals surface area contributed by atoms with Crippen LogP contribution in [0.1, 0.15) is 10.4 Å². The number of piperazine rings is 1. The van der Waals surface area contributed by atoms with Crippen molar-refractivity contribution in [2.24, 2.45) is 0 Å². The molecule has 1 aliphatic rings. The van der Waals surface area contributed by atoms with Crippen molar-refractivity contribution in [2.45, 2.75) is 6.54 Å². The van der Waals surface area contributed by atoms with Gasteiger partial charge >= 0.3 is 0 Å². The van der Waals surface area contributed by atoms with Gasteiger partial charge in [0.1, 0.15) is 16.7 Å². The number of anilines is 2. The highest BCUT2D eigenvalue weighted by Crippen LogP contribution is 2.26. The van der Waals surface area contributed by atoms with Gasteiger partial charge in [0.15, 0.2) is 11.4 Å². The van der Waals surface area contributed by atoms with E-state index in [1.54, 1.807) is 17.8 Å². The summed E-state index contributed by atoms with van der Waals surface area (Å²) in [4.78, 5) is 25.8. The molecule has 184 valence electrons. The zero-order valence-electron chi connectivity index (χ0n) is 20.0. The van der Waals surface area contributed by atoms with E-state index in [0.29, 0.717) is 23.0 Å². The predicted octanol–water partition coefficient (Wildman–Crippen LogP) is 2.10. The Morgan fingerprint density at radius 1 is 1.11 bits per heavy atom. The molecule has 4 aromatic heterocycles. The van der Waals surface area contributed by atoms with Gasteiger partial charge in [0.05, 0.1) is 12.6 Å². The lowest BCUT2D eigenvalue weighted by Crippen LogP contribution is -2.47. The summed E-state index contributed by atoms with van der Waals surface area (Å²) < 4.78 is 9.14. The number of nitrogens with zero attached hydrogens (tertiary/aromatic N) is 7. The van der Waals surface area contributed by atoms with Crippen LogP contribution in [0.2, 0.25) is 0 Å². The van der Waals surface area contributed by atoms with Crippen molar-refractivity contribution in [3.05, 3.63) is 60.6 Å². The second-order valence-corrected chi connectivity index (χ2v) is 8.84. The monoisotopic (exact) mass is 485 g/mol. The van der Waals surface area contributed by atoms with E-state index in [-0.39, 0.29) is 5.91 Å². The number of carbonyl (C=O) groups is 1. The smallest absolute Gasteiger partial charge is 0.251 e. The first-order chi connectivity index (χ1) is 17.6. The molecule has 5 aromatic rings. The van der Waals surface area contributed by atoms with Crippen LogP contribution >= 0.6 is 0 Å². The van der Waals surface area contributed by atoms with Gasteiger partial charge in [0.2, 0.25) is 5.95 Å². The van der Waals surface area contributed by atoms with Crippen molar-refractivity contribution in [2.75, 3.05) is 50.4 Å². The summed E-state index contributed by atoms with van der Waals surface area (Å²) in [6.45, 7) is 5.43. The van der Waals surface area contributed by atoms with E-state index < -0.39 is 0 Å². The molecule has 1 aromatic carbocycles. The highest BCUT2D eigenvalue weighted by molar-refractivity contribution is 5.94. The van der Waals surface area contributed by atoms with Gasteiger partial charge in [-0.25, -0.2) is 4.98 Å². The van der Waals surface area contributed by atoms with E-state index in [2.05, 4.69) is 34.8 Å². The van der Waals surface area contributed by atoms with Crippen LogP contribution in [0.15, 0.2) is 59.5 Å². The van der Waals surface area contributed by atoms with Gasteiger partial charge in [-0.1, -0.05) is 0 Å². The molecule has 1 fully saturated rings. The Morgan fingerprint density at radius 3 is 2.64 bits per heavy atom. The molecule has 3 N–H and O–H groups in total. The van der Waals surface area contributed by atoms with Crippen molar-refractivity contribution in [3.8, 4) is 11.5 Å². The number of fused-ring (bicyclic) bond motifs is 3. The lowest BCUT2D eigenvalue weighted by atomic mass is 10.1. The summed E-state index contributed by atoms with van der Waals surface area (Å²) in [5, 5.41) is 7.19. The van der Waals surface area contributed by atoms with Gasteiger partial charge < -0.3 is 24.9 Å². The molecule has 0 aliphatic carbocycles. The number of hydrogen-bond acceptors (Lipinski definition) is 8. The van der Waals surface area contributed by atoms with Gasteiger partial charge in [-0.15, -0.1) is 0 Å². The Balaban J connectivity index is 1.12. The minimum Gasteiger partial charge on any atom is -0.463 e. The Morgan fingerprint density at radius 2 is 1.92 bits per heavy atom. The number of nitrogens with one attached hydrogen (secondary N) is 1. The van der Waals surface area contributed by atoms with Gasteiger partial charge in [-0.2, -0.15) is 14.6 Å². The molecule has 1 aliphatic heterocycles. The van der Waals surface area contributed by atoms with Gasteiger partial charge in [0.25, 0.3) is 5.91 Å². The van der Waals surface area contributed by atoms with Gasteiger partial charge in [-0.3, -0.25) is 9.69 Å². The summed E-state index contributed by atoms with van der Waals surface area (Å²) in [5.41, 5.74) is 11.1. The Hall–Kier alpha value is -4.38. The van der Waals surface area contributed by atoms with Crippen molar-refractivity contribution in [1.29, 1.82) is 0 Å². The lowest BCUT2D eigenvalue weighted by molar-refractivity contribution is 0.0963. The topological polar surface area (TPSA) is 123 Å². The highest BCUT2D eigenvalue weighted by Gasteiger charge is 2.19. The summed E-state index contributed by atoms with van der Waals surface area (Å²) in [6.07, 6.45) is 3.44. The summed E-state index contributed by atoms with van der Waals surface area (Å²) in [5.74, 6) is 0.918. The van der Waals surface area contributed by atoms with Crippen LogP contribution < -0.4 is 16.0 Å². The number of aromatic nitrogens is 5. The fourth-order valence-electron chi connectivity index (χ4n) is 4.71. The van der Waals surface area contributed by atoms with Crippen LogP contribution in [0.3, 0.4) is 0 Å². The maximum absolute atomic E-state index is 11.8. The number of nitrogens with two attached hydrogens (primary N) is 1. The summed E-state index contributed by atoms with van der Waals surface area (Å²) in [6, 6.07) is 13.4. The molecule has 0 atom stereocenters. The molecule has 0 radical (unpaired) electrons. The van der Waals surface area contributed by atoms with E-state index in [0.717, 1.165) is 61.6 Å². The Kier molecular flexibility index (Phi) is 5.53. The third-order valence-corrected chi connectivity index (χ3v) is 6.72. The molecular formula is C25H27N9O2. The number of furan rings is 1. The molecule has 1 amide bonds. The normalized spacial score (nSPS) is 14.6. The molecule has 6 rings (SSSR count). The maximum Gasteiger partial charge on any atom is 0.251 e. The average Bonchev–Trinajstić information content (AvgIpc) is 3.67. The highest BCUT2D eigenvalue weighted by atomic mass is 16.3. The second kappa shape index (κ2) is 9.00. The number of nitrogen functional groups attached to an aromatic ring is 1. The molecule has 36 heavy (non-hydrogen) atoms. The lowest BCUT2D eigenvalue weighted by Gasteiger charge is -2.36. The summed E-state index contributed by atoms with van der Waals surface area (Å²) >= 11 is 0. The summed E-state index contributed by atoms with van der Waals surface area (Å²) in [7, 11) is 1.64. The van der Waals surface area contributed by atoms with Crippen LogP contribution in [0.25, 0.3) is 28.1 Å². The zero-order valence-corrected chi connectivity index (χ0v) is 20.0. The van der Waals surface area contributed by atoms with E-state index in [4.69, 9.17) is 10.2 Å². The largest absolute Gasteiger partial charge is 0.463 e. The number of benzene rings is 1. The van der Waals surface area contributed by atoms with Crippen molar-refractivity contribution in [1.82, 2.24) is 34.4 Å². The molecule has 11 heteroatoms. The molecule has 5 heterocycles. The first-order valence-corrected chi connectivity index (χ1v) is 11.9. The first-order valence-electron chi connectivity index (χ1n) is 11.9. The first kappa shape index (κ1) is 22.1. The number of amides is 1. The third-order valence-electron chi connectivity index (χ3n) is 6.72. The molecule has 0 spiro atoms. The minimum absolute atomic E-state index is 0.0680. The molecular weight excluding hydrogens is 458 g/mol. The molecule has 0 bridgehead atoms. The van der Waals surface area contributed by atoms with E-state index >= 15 is 0 Å². The quantitative estimate of drug-likeness (QED) is 0.375. The van der Waals surface area contributed by atoms with Crippen molar-refractivity contribution >= 4 is 34.2 Å². The number of rotatable bonds is 6. The second-order valence-electron chi connectivity index (χ2n) is 8.84. The fourth-order valence-corrected chi connectivity index (χ4v) is 4.71. The Bertz CT molecular complexity index is 1510. The van der Waals surface area contributed by atoms with E-state index in [1.165, 1.54) is 0 Å². The van der Waals surface area contributed by atoms with E-state index in [9.17, 15) is 4.79 Å². The van der Waals surface area contributed by atoms with E-state index in [1.807, 2.05) is 48.8 Å². The molecule has 0 unspecified atom stereocenters. The minimum atomic E-state index is -0.0680. The number of carbonyl (C=O) groups excluding carboxylic acids is 1. The Labute approximate surface area is 207 Å². The average molecular weight is 486 g/mol. The van der Waals surface area contributed by atoms with Crippen molar-refractivity contribution in [3.63, 3.8) is 0 Å². The fraction of sp³-hybridized carbons (Fsp3) is 0.280. The zero-order chi connectivity index (χ0) is 24.6. The van der Waals surface area contributed by atoms with Crippen molar-refractivity contribution < 1.29 is 9.21 Å². The molecule has 11 nitrogen and oxygen atoms in total.